The topological polar surface area (TPSA) is 66.4 Å². The van der Waals surface area contributed by atoms with Crippen LogP contribution in [0.15, 0.2) is 4.99 Å². The summed E-state index contributed by atoms with van der Waals surface area (Å²) in [6.07, 6.45) is 0. The van der Waals surface area contributed by atoms with Crippen LogP contribution >= 0.6 is 24.0 Å². The predicted molar refractivity (Wildman–Crippen MR) is 114 cm³/mol. The highest BCUT2D eigenvalue weighted by Crippen LogP contribution is 2.24. The molecular formula is C18H35IN4O3. The molecule has 2 saturated heterocycles. The van der Waals surface area contributed by atoms with Gasteiger partial charge in [0.05, 0.1) is 26.2 Å². The van der Waals surface area contributed by atoms with Crippen LogP contribution in [0.2, 0.25) is 0 Å². The average Bonchev–Trinajstić information content (AvgIpc) is 3.00. The third-order valence-corrected chi connectivity index (χ3v) is 5.38. The second-order valence-corrected chi connectivity index (χ2v) is 7.40. The third kappa shape index (κ3) is 5.95. The molecule has 1 N–H and O–H groups in total. The van der Waals surface area contributed by atoms with E-state index in [2.05, 4.69) is 40.9 Å². The molecule has 3 unspecified atom stereocenters. The molecule has 0 aromatic rings. The Hall–Kier alpha value is -0.610. The third-order valence-electron chi connectivity index (χ3n) is 5.38. The lowest BCUT2D eigenvalue weighted by Crippen LogP contribution is -2.53. The minimum atomic E-state index is -0.126. The summed E-state index contributed by atoms with van der Waals surface area (Å²) in [6, 6.07) is 0.442. The van der Waals surface area contributed by atoms with Crippen LogP contribution in [0.3, 0.4) is 0 Å². The minimum absolute atomic E-state index is 0. The Balaban J connectivity index is 0.00000338. The average molecular weight is 482 g/mol. The molecule has 0 bridgehead atoms. The molecule has 26 heavy (non-hydrogen) atoms. The maximum Gasteiger partial charge on any atom is 0.310 e. The maximum atomic E-state index is 11.9. The van der Waals surface area contributed by atoms with Crippen LogP contribution in [-0.2, 0) is 14.3 Å². The Morgan fingerprint density at radius 3 is 2.50 bits per heavy atom. The monoisotopic (exact) mass is 482 g/mol. The number of hydrogen-bond donors (Lipinski definition) is 1. The Morgan fingerprint density at radius 1 is 1.31 bits per heavy atom. The largest absolute Gasteiger partial charge is 0.469 e. The molecule has 7 nitrogen and oxygen atoms in total. The van der Waals surface area contributed by atoms with Gasteiger partial charge >= 0.3 is 5.97 Å². The Bertz CT molecular complexity index is 469. The molecule has 0 aromatic heterocycles. The van der Waals surface area contributed by atoms with Gasteiger partial charge in [-0.1, -0.05) is 20.8 Å². The molecule has 0 radical (unpaired) electrons. The molecule has 2 fully saturated rings. The predicted octanol–water partition coefficient (Wildman–Crippen LogP) is 1.28. The first kappa shape index (κ1) is 23.4. The van der Waals surface area contributed by atoms with Crippen LogP contribution in [0.4, 0.5) is 0 Å². The van der Waals surface area contributed by atoms with Crippen molar-refractivity contribution in [3.63, 3.8) is 0 Å². The van der Waals surface area contributed by atoms with Gasteiger partial charge in [0.15, 0.2) is 5.96 Å². The van der Waals surface area contributed by atoms with Crippen molar-refractivity contribution in [2.24, 2.45) is 22.7 Å². The molecule has 0 spiro atoms. The van der Waals surface area contributed by atoms with E-state index in [4.69, 9.17) is 9.47 Å². The molecule has 8 heteroatoms. The number of methoxy groups -OCH3 is 1. The standard InChI is InChI=1S/C18H34N4O3.HI/c1-13(2)16(21-6-8-25-9-7-21)10-20-18(19-4)22-11-14(3)15(12-22)17(23)24-5;/h13-16H,6-12H2,1-5H3,(H,19,20);1H. The summed E-state index contributed by atoms with van der Waals surface area (Å²) < 4.78 is 10.4. The van der Waals surface area contributed by atoms with Crippen molar-refractivity contribution in [1.82, 2.24) is 15.1 Å². The van der Waals surface area contributed by atoms with E-state index in [0.29, 0.717) is 18.5 Å². The van der Waals surface area contributed by atoms with E-state index in [9.17, 15) is 4.79 Å². The zero-order valence-corrected chi connectivity index (χ0v) is 19.1. The number of nitrogens with zero attached hydrogens (tertiary/aromatic N) is 3. The number of guanidine groups is 1. The van der Waals surface area contributed by atoms with Gasteiger partial charge < -0.3 is 19.7 Å². The molecule has 2 rings (SSSR count). The molecule has 152 valence electrons. The van der Waals surface area contributed by atoms with E-state index in [1.54, 1.807) is 7.05 Å². The van der Waals surface area contributed by atoms with Crippen LogP contribution < -0.4 is 5.32 Å². The SMILES string of the molecule is CN=C(NCC(C(C)C)N1CCOCC1)N1CC(C)C(C(=O)OC)C1.I. The van der Waals surface area contributed by atoms with E-state index >= 15 is 0 Å². The molecule has 2 aliphatic heterocycles. The molecule has 2 aliphatic rings. The molecular weight excluding hydrogens is 447 g/mol. The Morgan fingerprint density at radius 2 is 1.96 bits per heavy atom. The number of carbonyl (C=O) groups excluding carboxylic acids is 1. The number of esters is 1. The number of aliphatic imine (C=N–C) groups is 1. The van der Waals surface area contributed by atoms with Crippen LogP contribution in [0.1, 0.15) is 20.8 Å². The highest BCUT2D eigenvalue weighted by Gasteiger charge is 2.37. The highest BCUT2D eigenvalue weighted by molar-refractivity contribution is 14.0. The number of rotatable bonds is 5. The summed E-state index contributed by atoms with van der Waals surface area (Å²) in [4.78, 5) is 21.0. The number of likely N-dealkylation sites (tertiary alicyclic amines) is 1. The van der Waals surface area contributed by atoms with Crippen molar-refractivity contribution >= 4 is 35.9 Å². The van der Waals surface area contributed by atoms with Crippen molar-refractivity contribution in [1.29, 1.82) is 0 Å². The fourth-order valence-corrected chi connectivity index (χ4v) is 3.82. The fraction of sp³-hybridized carbons (Fsp3) is 0.889. The first-order valence-corrected chi connectivity index (χ1v) is 9.33. The van der Waals surface area contributed by atoms with Gasteiger partial charge in [0, 0.05) is 45.8 Å². The minimum Gasteiger partial charge on any atom is -0.469 e. The summed E-state index contributed by atoms with van der Waals surface area (Å²) in [5.74, 6) is 1.48. The number of halogens is 1. The van der Waals surface area contributed by atoms with Gasteiger partial charge in [0.25, 0.3) is 0 Å². The first-order valence-electron chi connectivity index (χ1n) is 9.33. The van der Waals surface area contributed by atoms with Crippen molar-refractivity contribution in [2.45, 2.75) is 26.8 Å². The molecule has 0 aliphatic carbocycles. The summed E-state index contributed by atoms with van der Waals surface area (Å²) in [7, 11) is 3.26. The molecule has 0 saturated carbocycles. The first-order chi connectivity index (χ1) is 12.0. The van der Waals surface area contributed by atoms with Crippen LogP contribution in [0, 0.1) is 17.8 Å². The number of hydrogen-bond acceptors (Lipinski definition) is 5. The second-order valence-electron chi connectivity index (χ2n) is 7.40. The molecule has 0 aromatic carbocycles. The fourth-order valence-electron chi connectivity index (χ4n) is 3.82. The number of morpholine rings is 1. The number of nitrogens with one attached hydrogen (secondary N) is 1. The maximum absolute atomic E-state index is 11.9. The lowest BCUT2D eigenvalue weighted by Gasteiger charge is -2.37. The zero-order chi connectivity index (χ0) is 18.4. The van der Waals surface area contributed by atoms with Gasteiger partial charge in [0.1, 0.15) is 0 Å². The molecule has 0 amide bonds. The zero-order valence-electron chi connectivity index (χ0n) is 16.7. The van der Waals surface area contributed by atoms with Gasteiger partial charge in [-0.3, -0.25) is 14.7 Å². The smallest absolute Gasteiger partial charge is 0.310 e. The number of ether oxygens (including phenoxy) is 2. The number of carbonyl (C=O) groups is 1. The van der Waals surface area contributed by atoms with Gasteiger partial charge in [-0.25, -0.2) is 0 Å². The summed E-state index contributed by atoms with van der Waals surface area (Å²) in [5.41, 5.74) is 0. The van der Waals surface area contributed by atoms with Crippen LogP contribution in [0.25, 0.3) is 0 Å². The van der Waals surface area contributed by atoms with E-state index in [0.717, 1.165) is 45.4 Å². The highest BCUT2D eigenvalue weighted by atomic mass is 127. The van der Waals surface area contributed by atoms with E-state index < -0.39 is 0 Å². The summed E-state index contributed by atoms with van der Waals surface area (Å²) >= 11 is 0. The van der Waals surface area contributed by atoms with E-state index in [-0.39, 0.29) is 41.8 Å². The summed E-state index contributed by atoms with van der Waals surface area (Å²) in [6.45, 7) is 12.5. The lowest BCUT2D eigenvalue weighted by atomic mass is 9.99. The van der Waals surface area contributed by atoms with Crippen LogP contribution in [-0.4, -0.2) is 87.9 Å². The van der Waals surface area contributed by atoms with E-state index in [1.165, 1.54) is 7.11 Å². The van der Waals surface area contributed by atoms with Crippen molar-refractivity contribution in [2.75, 3.05) is 60.1 Å². The van der Waals surface area contributed by atoms with Crippen molar-refractivity contribution in [3.8, 4) is 0 Å². The second kappa shape index (κ2) is 11.3. The van der Waals surface area contributed by atoms with E-state index in [1.807, 2.05) is 0 Å². The van der Waals surface area contributed by atoms with Gasteiger partial charge in [-0.2, -0.15) is 0 Å². The Labute approximate surface area is 174 Å². The van der Waals surface area contributed by atoms with Gasteiger partial charge in [-0.15, -0.1) is 24.0 Å². The Kier molecular flexibility index (Phi) is 10.2. The summed E-state index contributed by atoms with van der Waals surface area (Å²) in [5, 5.41) is 3.53. The van der Waals surface area contributed by atoms with Crippen molar-refractivity contribution < 1.29 is 14.3 Å². The van der Waals surface area contributed by atoms with Gasteiger partial charge in [-0.05, 0) is 11.8 Å². The normalized spacial score (nSPS) is 25.8. The van der Waals surface area contributed by atoms with Crippen LogP contribution in [0.5, 0.6) is 0 Å². The quantitative estimate of drug-likeness (QED) is 0.276. The van der Waals surface area contributed by atoms with Gasteiger partial charge in [0.2, 0.25) is 0 Å². The van der Waals surface area contributed by atoms with Crippen molar-refractivity contribution in [3.05, 3.63) is 0 Å². The lowest BCUT2D eigenvalue weighted by molar-refractivity contribution is -0.145. The molecule has 3 atom stereocenters. The molecule has 2 heterocycles.